The summed E-state index contributed by atoms with van der Waals surface area (Å²) < 4.78 is 0. The highest BCUT2D eigenvalue weighted by molar-refractivity contribution is 5.94. The molecule has 1 aliphatic carbocycles. The average molecular weight is 286 g/mol. The molecule has 1 fully saturated rings. The van der Waals surface area contributed by atoms with Gasteiger partial charge in [-0.05, 0) is 68.3 Å². The van der Waals surface area contributed by atoms with Crippen molar-refractivity contribution in [3.05, 3.63) is 34.9 Å². The van der Waals surface area contributed by atoms with E-state index in [0.717, 1.165) is 37.9 Å². The number of amides is 1. The van der Waals surface area contributed by atoms with E-state index in [4.69, 9.17) is 0 Å². The molecule has 1 saturated heterocycles. The number of carbonyl (C=O) groups excluding carboxylic acids is 1. The number of rotatable bonds is 4. The first-order chi connectivity index (χ1) is 10.3. The summed E-state index contributed by atoms with van der Waals surface area (Å²) in [5.41, 5.74) is 3.64. The summed E-state index contributed by atoms with van der Waals surface area (Å²) in [6, 6.07) is 6.58. The quantitative estimate of drug-likeness (QED) is 0.923. The van der Waals surface area contributed by atoms with E-state index in [1.165, 1.54) is 36.9 Å². The summed E-state index contributed by atoms with van der Waals surface area (Å²) in [5.74, 6) is 0.110. The van der Waals surface area contributed by atoms with Crippen LogP contribution in [0.4, 0.5) is 0 Å². The number of likely N-dealkylation sites (tertiary alicyclic amines) is 1. The predicted molar refractivity (Wildman–Crippen MR) is 85.7 cm³/mol. The van der Waals surface area contributed by atoms with Gasteiger partial charge in [0.25, 0.3) is 5.91 Å². The van der Waals surface area contributed by atoms with E-state index in [9.17, 15) is 4.79 Å². The zero-order valence-electron chi connectivity index (χ0n) is 13.0. The molecular formula is C18H26N2O. The maximum absolute atomic E-state index is 12.4. The first kappa shape index (κ1) is 14.6. The zero-order valence-corrected chi connectivity index (χ0v) is 13.0. The van der Waals surface area contributed by atoms with Crippen molar-refractivity contribution in [2.24, 2.45) is 0 Å². The lowest BCUT2D eigenvalue weighted by molar-refractivity contribution is 0.0911. The van der Waals surface area contributed by atoms with Crippen molar-refractivity contribution in [3.8, 4) is 0 Å². The Kier molecular flexibility index (Phi) is 4.59. The second kappa shape index (κ2) is 6.61. The molecule has 1 N–H and O–H groups in total. The van der Waals surface area contributed by atoms with Crippen molar-refractivity contribution in [1.29, 1.82) is 0 Å². The van der Waals surface area contributed by atoms with Crippen molar-refractivity contribution in [2.75, 3.05) is 19.6 Å². The Labute approximate surface area is 127 Å². The van der Waals surface area contributed by atoms with Crippen LogP contribution in [0.2, 0.25) is 0 Å². The molecule has 0 unspecified atom stereocenters. The van der Waals surface area contributed by atoms with E-state index in [2.05, 4.69) is 29.3 Å². The first-order valence-corrected chi connectivity index (χ1v) is 8.41. The van der Waals surface area contributed by atoms with Crippen molar-refractivity contribution in [2.45, 2.75) is 51.5 Å². The lowest BCUT2D eigenvalue weighted by Crippen LogP contribution is -2.44. The normalized spacial score (nSPS) is 19.5. The van der Waals surface area contributed by atoms with Crippen LogP contribution in [0.1, 0.15) is 54.1 Å². The Morgan fingerprint density at radius 3 is 2.76 bits per heavy atom. The number of nitrogens with zero attached hydrogens (tertiary/aromatic N) is 1. The van der Waals surface area contributed by atoms with Gasteiger partial charge >= 0.3 is 0 Å². The van der Waals surface area contributed by atoms with Crippen LogP contribution in [0.25, 0.3) is 0 Å². The monoisotopic (exact) mass is 286 g/mol. The molecule has 1 aliphatic heterocycles. The van der Waals surface area contributed by atoms with Gasteiger partial charge in [-0.2, -0.15) is 0 Å². The Bertz CT molecular complexity index is 504. The van der Waals surface area contributed by atoms with E-state index in [1.807, 2.05) is 6.07 Å². The summed E-state index contributed by atoms with van der Waals surface area (Å²) in [7, 11) is 0. The molecule has 21 heavy (non-hydrogen) atoms. The molecule has 0 bridgehead atoms. The van der Waals surface area contributed by atoms with Crippen LogP contribution in [0.3, 0.4) is 0 Å². The molecule has 1 heterocycles. The number of fused-ring (bicyclic) bond motifs is 1. The topological polar surface area (TPSA) is 32.3 Å². The number of carbonyl (C=O) groups is 1. The summed E-state index contributed by atoms with van der Waals surface area (Å²) in [5, 5.41) is 3.22. The molecule has 3 heteroatoms. The molecule has 0 saturated carbocycles. The summed E-state index contributed by atoms with van der Waals surface area (Å²) >= 11 is 0. The SMILES string of the molecule is CCCN1CCC(NC(=O)c2ccc3c(c2)CCC3)CC1. The van der Waals surface area contributed by atoms with Crippen molar-refractivity contribution >= 4 is 5.91 Å². The average Bonchev–Trinajstić information content (AvgIpc) is 2.97. The van der Waals surface area contributed by atoms with Crippen LogP contribution in [0, 0.1) is 0 Å². The van der Waals surface area contributed by atoms with Crippen LogP contribution < -0.4 is 5.32 Å². The molecule has 3 rings (SSSR count). The zero-order chi connectivity index (χ0) is 14.7. The lowest BCUT2D eigenvalue weighted by Gasteiger charge is -2.32. The Morgan fingerprint density at radius 2 is 2.00 bits per heavy atom. The second-order valence-electron chi connectivity index (χ2n) is 6.43. The van der Waals surface area contributed by atoms with Crippen LogP contribution in [0.15, 0.2) is 18.2 Å². The van der Waals surface area contributed by atoms with Gasteiger partial charge in [0.2, 0.25) is 0 Å². The van der Waals surface area contributed by atoms with Crippen molar-refractivity contribution < 1.29 is 4.79 Å². The molecule has 114 valence electrons. The van der Waals surface area contributed by atoms with Gasteiger partial charge < -0.3 is 10.2 Å². The number of hydrogen-bond donors (Lipinski definition) is 1. The van der Waals surface area contributed by atoms with Gasteiger partial charge in [-0.25, -0.2) is 0 Å². The van der Waals surface area contributed by atoms with Gasteiger partial charge in [-0.1, -0.05) is 13.0 Å². The highest BCUT2D eigenvalue weighted by atomic mass is 16.1. The molecular weight excluding hydrogens is 260 g/mol. The van der Waals surface area contributed by atoms with Crippen molar-refractivity contribution in [3.63, 3.8) is 0 Å². The van der Waals surface area contributed by atoms with E-state index in [0.29, 0.717) is 6.04 Å². The number of nitrogens with one attached hydrogen (secondary N) is 1. The summed E-state index contributed by atoms with van der Waals surface area (Å²) in [6.45, 7) is 5.64. The number of aryl methyl sites for hydroxylation is 2. The fourth-order valence-corrected chi connectivity index (χ4v) is 3.60. The molecule has 0 radical (unpaired) electrons. The standard InChI is InChI=1S/C18H26N2O/c1-2-10-20-11-8-17(9-12-20)19-18(21)16-7-6-14-4-3-5-15(14)13-16/h6-7,13,17H,2-5,8-12H2,1H3,(H,19,21). The van der Waals surface area contributed by atoms with Gasteiger partial charge in [0.05, 0.1) is 0 Å². The minimum atomic E-state index is 0.110. The second-order valence-corrected chi connectivity index (χ2v) is 6.43. The maximum atomic E-state index is 12.4. The number of benzene rings is 1. The first-order valence-electron chi connectivity index (χ1n) is 8.41. The summed E-state index contributed by atoms with van der Waals surface area (Å²) in [6.07, 6.45) is 6.91. The number of piperidine rings is 1. The molecule has 0 aromatic heterocycles. The molecule has 2 aliphatic rings. The third kappa shape index (κ3) is 3.46. The third-order valence-electron chi connectivity index (χ3n) is 4.82. The van der Waals surface area contributed by atoms with Crippen LogP contribution in [-0.2, 0) is 12.8 Å². The van der Waals surface area contributed by atoms with Crippen LogP contribution >= 0.6 is 0 Å². The molecule has 1 amide bonds. The Hall–Kier alpha value is -1.35. The van der Waals surface area contributed by atoms with E-state index < -0.39 is 0 Å². The van der Waals surface area contributed by atoms with Gasteiger partial charge in [-0.15, -0.1) is 0 Å². The summed E-state index contributed by atoms with van der Waals surface area (Å²) in [4.78, 5) is 14.9. The van der Waals surface area contributed by atoms with E-state index >= 15 is 0 Å². The third-order valence-corrected chi connectivity index (χ3v) is 4.82. The molecule has 1 aromatic carbocycles. The highest BCUT2D eigenvalue weighted by Crippen LogP contribution is 2.23. The minimum absolute atomic E-state index is 0.110. The fourth-order valence-electron chi connectivity index (χ4n) is 3.60. The van der Waals surface area contributed by atoms with Gasteiger partial charge in [0.15, 0.2) is 0 Å². The molecule has 3 nitrogen and oxygen atoms in total. The van der Waals surface area contributed by atoms with Crippen molar-refractivity contribution in [1.82, 2.24) is 10.2 Å². The van der Waals surface area contributed by atoms with Gasteiger partial charge in [0.1, 0.15) is 0 Å². The molecule has 1 aromatic rings. The highest BCUT2D eigenvalue weighted by Gasteiger charge is 2.21. The number of hydrogen-bond acceptors (Lipinski definition) is 2. The fraction of sp³-hybridized carbons (Fsp3) is 0.611. The molecule has 0 spiro atoms. The Balaban J connectivity index is 1.55. The van der Waals surface area contributed by atoms with E-state index in [-0.39, 0.29) is 5.91 Å². The Morgan fingerprint density at radius 1 is 1.24 bits per heavy atom. The van der Waals surface area contributed by atoms with Gasteiger partial charge in [-0.3, -0.25) is 4.79 Å². The molecule has 0 atom stereocenters. The van der Waals surface area contributed by atoms with Gasteiger partial charge in [0, 0.05) is 24.7 Å². The maximum Gasteiger partial charge on any atom is 0.251 e. The largest absolute Gasteiger partial charge is 0.349 e. The lowest BCUT2D eigenvalue weighted by atomic mass is 10.0. The smallest absolute Gasteiger partial charge is 0.251 e. The van der Waals surface area contributed by atoms with Crippen LogP contribution in [0.5, 0.6) is 0 Å². The minimum Gasteiger partial charge on any atom is -0.349 e. The van der Waals surface area contributed by atoms with Crippen LogP contribution in [-0.4, -0.2) is 36.5 Å². The van der Waals surface area contributed by atoms with E-state index in [1.54, 1.807) is 0 Å². The predicted octanol–water partition coefficient (Wildman–Crippen LogP) is 2.78.